The summed E-state index contributed by atoms with van der Waals surface area (Å²) in [7, 11) is 1.45. The number of rotatable bonds is 11. The first-order chi connectivity index (χ1) is 16.5. The SMILES string of the molecule is CC.CCCCCCN1CCN(c2ccc3c(c2)C(=O)N(C(CCC=O)C(=O)NC)C3=O)CC1. The molecule has 8 nitrogen and oxygen atoms in total. The maximum Gasteiger partial charge on any atom is 0.262 e. The molecule has 1 N–H and O–H groups in total. The smallest absolute Gasteiger partial charge is 0.262 e. The predicted molar refractivity (Wildman–Crippen MR) is 134 cm³/mol. The van der Waals surface area contributed by atoms with Crippen molar-refractivity contribution < 1.29 is 19.2 Å². The van der Waals surface area contributed by atoms with Crippen molar-refractivity contribution in [3.05, 3.63) is 29.3 Å². The van der Waals surface area contributed by atoms with Gasteiger partial charge in [-0.25, -0.2) is 0 Å². The van der Waals surface area contributed by atoms with Crippen LogP contribution < -0.4 is 10.2 Å². The Labute approximate surface area is 203 Å². The third-order valence-corrected chi connectivity index (χ3v) is 6.39. The molecular weight excluding hydrogens is 432 g/mol. The topological polar surface area (TPSA) is 90.0 Å². The van der Waals surface area contributed by atoms with Crippen molar-refractivity contribution in [2.75, 3.05) is 44.7 Å². The fraction of sp³-hybridized carbons (Fsp3) is 0.615. The Balaban J connectivity index is 0.00000199. The van der Waals surface area contributed by atoms with Crippen LogP contribution in [0, 0.1) is 0 Å². The summed E-state index contributed by atoms with van der Waals surface area (Å²) in [6, 6.07) is 4.35. The summed E-state index contributed by atoms with van der Waals surface area (Å²) in [5, 5.41) is 2.49. The molecule has 1 aromatic rings. The van der Waals surface area contributed by atoms with E-state index >= 15 is 0 Å². The molecule has 8 heteroatoms. The molecule has 2 aliphatic rings. The number of piperazine rings is 1. The maximum absolute atomic E-state index is 13.1. The molecule has 0 aromatic heterocycles. The van der Waals surface area contributed by atoms with Crippen LogP contribution in [0.15, 0.2) is 18.2 Å². The van der Waals surface area contributed by atoms with Crippen molar-refractivity contribution >= 4 is 29.7 Å². The van der Waals surface area contributed by atoms with Gasteiger partial charge in [-0.05, 0) is 37.6 Å². The van der Waals surface area contributed by atoms with Crippen molar-refractivity contribution in [2.24, 2.45) is 0 Å². The van der Waals surface area contributed by atoms with Crippen molar-refractivity contribution in [3.8, 4) is 0 Å². The van der Waals surface area contributed by atoms with Gasteiger partial charge in [0.05, 0.1) is 11.1 Å². The number of amides is 3. The van der Waals surface area contributed by atoms with Gasteiger partial charge in [-0.15, -0.1) is 0 Å². The molecule has 0 aliphatic carbocycles. The van der Waals surface area contributed by atoms with Crippen LogP contribution in [0.4, 0.5) is 5.69 Å². The highest BCUT2D eigenvalue weighted by Crippen LogP contribution is 2.30. The number of anilines is 1. The summed E-state index contributed by atoms with van der Waals surface area (Å²) >= 11 is 0. The number of imide groups is 1. The van der Waals surface area contributed by atoms with Gasteiger partial charge in [0.15, 0.2) is 0 Å². The molecular formula is C26H40N4O4. The van der Waals surface area contributed by atoms with Crippen molar-refractivity contribution in [3.63, 3.8) is 0 Å². The van der Waals surface area contributed by atoms with Gasteiger partial charge in [0, 0.05) is 45.3 Å². The summed E-state index contributed by atoms with van der Waals surface area (Å²) in [6.07, 6.45) is 5.94. The van der Waals surface area contributed by atoms with Gasteiger partial charge in [0.1, 0.15) is 12.3 Å². The molecule has 0 bridgehead atoms. The van der Waals surface area contributed by atoms with Crippen LogP contribution in [0.5, 0.6) is 0 Å². The second kappa shape index (κ2) is 13.8. The van der Waals surface area contributed by atoms with Gasteiger partial charge < -0.3 is 15.0 Å². The fourth-order valence-electron chi connectivity index (χ4n) is 4.49. The Morgan fingerprint density at radius 3 is 2.32 bits per heavy atom. The number of nitrogens with one attached hydrogen (secondary N) is 1. The third-order valence-electron chi connectivity index (χ3n) is 6.39. The van der Waals surface area contributed by atoms with E-state index in [1.807, 2.05) is 19.9 Å². The number of carbonyl (C=O) groups is 4. The van der Waals surface area contributed by atoms with E-state index < -0.39 is 23.8 Å². The molecule has 1 saturated heterocycles. The second-order valence-electron chi connectivity index (χ2n) is 8.47. The van der Waals surface area contributed by atoms with Crippen molar-refractivity contribution in [1.29, 1.82) is 0 Å². The summed E-state index contributed by atoms with van der Waals surface area (Å²) in [6.45, 7) is 11.1. The van der Waals surface area contributed by atoms with Crippen molar-refractivity contribution in [1.82, 2.24) is 15.1 Å². The van der Waals surface area contributed by atoms with E-state index in [9.17, 15) is 19.2 Å². The molecule has 1 fully saturated rings. The molecule has 1 aromatic carbocycles. The van der Waals surface area contributed by atoms with E-state index in [2.05, 4.69) is 22.0 Å². The standard InChI is InChI=1S/C24H34N4O4.C2H6/c1-3-4-5-6-11-26-12-14-27(15-13-26)18-9-10-19-20(17-18)24(32)28(23(19)31)21(8-7-16-29)22(30)25-2;1-2/h9-10,16-17,21H,3-8,11-15H2,1-2H3,(H,25,30);1-2H3. The van der Waals surface area contributed by atoms with Gasteiger partial charge in [-0.2, -0.15) is 0 Å². The third kappa shape index (κ3) is 6.44. The van der Waals surface area contributed by atoms with Gasteiger partial charge in [0.25, 0.3) is 11.8 Å². The normalized spacial score (nSPS) is 16.6. The predicted octanol–water partition coefficient (Wildman–Crippen LogP) is 3.10. The van der Waals surface area contributed by atoms with Gasteiger partial charge in [0.2, 0.25) is 5.91 Å². The zero-order chi connectivity index (χ0) is 25.1. The summed E-state index contributed by atoms with van der Waals surface area (Å²) in [5.74, 6) is -1.40. The van der Waals surface area contributed by atoms with Crippen LogP contribution in [0.3, 0.4) is 0 Å². The van der Waals surface area contributed by atoms with E-state index in [-0.39, 0.29) is 12.8 Å². The highest BCUT2D eigenvalue weighted by atomic mass is 16.2. The van der Waals surface area contributed by atoms with E-state index in [1.165, 1.54) is 32.7 Å². The lowest BCUT2D eigenvalue weighted by Crippen LogP contribution is -2.48. The molecule has 0 spiro atoms. The first-order valence-corrected chi connectivity index (χ1v) is 12.7. The first-order valence-electron chi connectivity index (χ1n) is 12.7. The molecule has 1 unspecified atom stereocenters. The number of hydrogen-bond acceptors (Lipinski definition) is 6. The Kier molecular flexibility index (Phi) is 11.2. The lowest BCUT2D eigenvalue weighted by molar-refractivity contribution is -0.124. The average molecular weight is 473 g/mol. The minimum absolute atomic E-state index is 0.0967. The van der Waals surface area contributed by atoms with E-state index in [0.717, 1.165) is 43.3 Å². The van der Waals surface area contributed by atoms with E-state index in [1.54, 1.807) is 12.1 Å². The summed E-state index contributed by atoms with van der Waals surface area (Å²) in [4.78, 5) is 54.9. The zero-order valence-electron chi connectivity index (χ0n) is 21.1. The molecule has 3 rings (SSSR count). The maximum atomic E-state index is 13.1. The summed E-state index contributed by atoms with van der Waals surface area (Å²) in [5.41, 5.74) is 1.56. The van der Waals surface area contributed by atoms with Gasteiger partial charge in [-0.1, -0.05) is 40.0 Å². The van der Waals surface area contributed by atoms with Crippen LogP contribution in [0.1, 0.15) is 80.0 Å². The molecule has 0 radical (unpaired) electrons. The van der Waals surface area contributed by atoms with Crippen LogP contribution in [-0.2, 0) is 9.59 Å². The number of aldehydes is 1. The number of unbranched alkanes of at least 4 members (excludes halogenated alkanes) is 3. The first kappa shape index (κ1) is 27.5. The molecule has 34 heavy (non-hydrogen) atoms. The molecule has 188 valence electrons. The number of benzene rings is 1. The van der Waals surface area contributed by atoms with Crippen LogP contribution in [-0.4, -0.2) is 79.6 Å². The molecule has 2 aliphatic heterocycles. The second-order valence-corrected chi connectivity index (χ2v) is 8.47. The Morgan fingerprint density at radius 1 is 1.03 bits per heavy atom. The Morgan fingerprint density at radius 2 is 1.71 bits per heavy atom. The highest BCUT2D eigenvalue weighted by Gasteiger charge is 2.42. The quantitative estimate of drug-likeness (QED) is 0.302. The van der Waals surface area contributed by atoms with E-state index in [0.29, 0.717) is 17.4 Å². The summed E-state index contributed by atoms with van der Waals surface area (Å²) < 4.78 is 0. The zero-order valence-corrected chi connectivity index (χ0v) is 21.1. The van der Waals surface area contributed by atoms with E-state index in [4.69, 9.17) is 0 Å². The lowest BCUT2D eigenvalue weighted by Gasteiger charge is -2.36. The van der Waals surface area contributed by atoms with Crippen LogP contribution in [0.25, 0.3) is 0 Å². The molecule has 3 amide bonds. The average Bonchev–Trinajstić information content (AvgIpc) is 3.13. The highest BCUT2D eigenvalue weighted by molar-refractivity contribution is 6.23. The number of hydrogen-bond donors (Lipinski definition) is 1. The molecule has 0 saturated carbocycles. The largest absolute Gasteiger partial charge is 0.369 e. The number of fused-ring (bicyclic) bond motifs is 1. The minimum Gasteiger partial charge on any atom is -0.369 e. The fourth-order valence-corrected chi connectivity index (χ4v) is 4.49. The lowest BCUT2D eigenvalue weighted by atomic mass is 10.1. The minimum atomic E-state index is -0.989. The number of likely N-dealkylation sites (N-methyl/N-ethyl adjacent to an activating group) is 1. The molecule has 1 atom stereocenters. The molecule has 2 heterocycles. The van der Waals surface area contributed by atoms with Crippen molar-refractivity contribution in [2.45, 2.75) is 65.3 Å². The Bertz CT molecular complexity index is 849. The number of nitrogens with zero attached hydrogens (tertiary/aromatic N) is 3. The van der Waals surface area contributed by atoms with Gasteiger partial charge >= 0.3 is 0 Å². The van der Waals surface area contributed by atoms with Crippen LogP contribution in [0.2, 0.25) is 0 Å². The monoisotopic (exact) mass is 472 g/mol. The van der Waals surface area contributed by atoms with Gasteiger partial charge in [-0.3, -0.25) is 24.2 Å². The van der Waals surface area contributed by atoms with Crippen LogP contribution >= 0.6 is 0 Å². The number of carbonyl (C=O) groups excluding carboxylic acids is 4. The Hall–Kier alpha value is -2.74.